The van der Waals surface area contributed by atoms with Crippen molar-refractivity contribution in [2.45, 2.75) is 16.7 Å². The normalized spacial score (nSPS) is 11.2. The number of thiazole rings is 1. The molecule has 26 heavy (non-hydrogen) atoms. The van der Waals surface area contributed by atoms with Gasteiger partial charge in [-0.3, -0.25) is 4.79 Å². The van der Waals surface area contributed by atoms with Crippen LogP contribution in [0, 0.1) is 12.7 Å². The number of nitrogens with zero attached hydrogens (tertiary/aromatic N) is 1. The Labute approximate surface area is 157 Å². The highest BCUT2D eigenvalue weighted by atomic mass is 32.2. The summed E-state index contributed by atoms with van der Waals surface area (Å²) in [5, 5.41) is 0.932. The first-order valence-corrected chi connectivity index (χ1v) is 9.48. The Bertz CT molecular complexity index is 1130. The van der Waals surface area contributed by atoms with Gasteiger partial charge in [0.05, 0.1) is 15.6 Å². The number of carbonyl (C=O) groups is 1. The van der Waals surface area contributed by atoms with Crippen LogP contribution in [0.15, 0.2) is 58.3 Å². The van der Waals surface area contributed by atoms with Crippen molar-refractivity contribution in [1.29, 1.82) is 0 Å². The molecule has 0 bridgehead atoms. The van der Waals surface area contributed by atoms with E-state index in [0.717, 1.165) is 30.8 Å². The van der Waals surface area contributed by atoms with E-state index in [1.165, 1.54) is 35.2 Å². The van der Waals surface area contributed by atoms with E-state index < -0.39 is 5.91 Å². The molecule has 7 heteroatoms. The highest BCUT2D eigenvalue weighted by molar-refractivity contribution is 7.99. The number of benzene rings is 2. The first-order chi connectivity index (χ1) is 12.5. The highest BCUT2D eigenvalue weighted by Crippen LogP contribution is 2.43. The lowest BCUT2D eigenvalue weighted by molar-refractivity contribution is 0.100. The van der Waals surface area contributed by atoms with Crippen LogP contribution in [-0.4, -0.2) is 15.9 Å². The molecule has 0 radical (unpaired) electrons. The van der Waals surface area contributed by atoms with Gasteiger partial charge in [0.2, 0.25) is 5.91 Å². The van der Waals surface area contributed by atoms with E-state index >= 15 is 0 Å². The van der Waals surface area contributed by atoms with E-state index in [0.29, 0.717) is 11.1 Å². The largest absolute Gasteiger partial charge is 0.366 e. The molecule has 0 atom stereocenters. The molecule has 4 rings (SSSR count). The van der Waals surface area contributed by atoms with Gasteiger partial charge in [-0.1, -0.05) is 36.0 Å². The lowest BCUT2D eigenvalue weighted by Gasteiger charge is -2.08. The van der Waals surface area contributed by atoms with Gasteiger partial charge in [-0.15, -0.1) is 11.3 Å². The Morgan fingerprint density at radius 2 is 2.04 bits per heavy atom. The summed E-state index contributed by atoms with van der Waals surface area (Å²) < 4.78 is 13.6. The fourth-order valence-electron chi connectivity index (χ4n) is 2.81. The van der Waals surface area contributed by atoms with E-state index in [9.17, 15) is 9.18 Å². The highest BCUT2D eigenvalue weighted by Gasteiger charge is 2.21. The second-order valence-electron chi connectivity index (χ2n) is 5.71. The molecule has 4 nitrogen and oxygen atoms in total. The SMILES string of the molecule is Cc1nc2c(Sc3cccc(F)c3)c(-c3ccccc3C(N)=O)[nH]c2s1. The first kappa shape index (κ1) is 16.8. The number of fused-ring (bicyclic) bond motifs is 1. The summed E-state index contributed by atoms with van der Waals surface area (Å²) in [6.45, 7) is 1.94. The van der Waals surface area contributed by atoms with Crippen LogP contribution in [0.2, 0.25) is 0 Å². The third-order valence-electron chi connectivity index (χ3n) is 3.89. The Morgan fingerprint density at radius 3 is 2.81 bits per heavy atom. The van der Waals surface area contributed by atoms with Crippen molar-refractivity contribution in [2.24, 2.45) is 5.73 Å². The van der Waals surface area contributed by atoms with Crippen molar-refractivity contribution in [2.75, 3.05) is 0 Å². The first-order valence-electron chi connectivity index (χ1n) is 7.84. The number of nitrogens with two attached hydrogens (primary N) is 1. The minimum atomic E-state index is -0.496. The standard InChI is InChI=1S/C19H14FN3OS2/c1-10-22-16-17(26-12-6-4-5-11(20)9-12)15(23-19(16)25-10)13-7-2-3-8-14(13)18(21)24/h2-9,23H,1H3,(H2,21,24). The van der Waals surface area contributed by atoms with Crippen LogP contribution in [0.25, 0.3) is 21.6 Å². The van der Waals surface area contributed by atoms with Crippen LogP contribution in [0.5, 0.6) is 0 Å². The number of aromatic nitrogens is 2. The van der Waals surface area contributed by atoms with Crippen molar-refractivity contribution in [3.05, 3.63) is 64.9 Å². The number of primary amides is 1. The number of nitrogens with one attached hydrogen (secondary N) is 1. The lowest BCUT2D eigenvalue weighted by Crippen LogP contribution is -2.12. The Balaban J connectivity index is 1.93. The summed E-state index contributed by atoms with van der Waals surface area (Å²) >= 11 is 2.95. The summed E-state index contributed by atoms with van der Waals surface area (Å²) in [7, 11) is 0. The van der Waals surface area contributed by atoms with E-state index in [1.54, 1.807) is 18.2 Å². The molecule has 4 aromatic rings. The predicted molar refractivity (Wildman–Crippen MR) is 103 cm³/mol. The molecule has 1 amide bonds. The van der Waals surface area contributed by atoms with Crippen molar-refractivity contribution >= 4 is 39.4 Å². The zero-order chi connectivity index (χ0) is 18.3. The van der Waals surface area contributed by atoms with Gasteiger partial charge in [0.1, 0.15) is 16.2 Å². The van der Waals surface area contributed by atoms with Crippen LogP contribution in [0.4, 0.5) is 4.39 Å². The van der Waals surface area contributed by atoms with Crippen LogP contribution < -0.4 is 5.73 Å². The van der Waals surface area contributed by atoms with Gasteiger partial charge in [0, 0.05) is 16.0 Å². The average molecular weight is 383 g/mol. The predicted octanol–water partition coefficient (Wildman–Crippen LogP) is 4.99. The molecule has 2 aromatic heterocycles. The van der Waals surface area contributed by atoms with E-state index in [1.807, 2.05) is 25.1 Å². The number of hydrogen-bond acceptors (Lipinski definition) is 4. The molecule has 130 valence electrons. The molecule has 0 aliphatic heterocycles. The maximum absolute atomic E-state index is 13.6. The quantitative estimate of drug-likeness (QED) is 0.521. The molecule has 2 heterocycles. The van der Waals surface area contributed by atoms with Gasteiger partial charge in [-0.25, -0.2) is 9.37 Å². The van der Waals surface area contributed by atoms with E-state index in [-0.39, 0.29) is 5.82 Å². The van der Waals surface area contributed by atoms with Crippen LogP contribution in [0.3, 0.4) is 0 Å². The fraction of sp³-hybridized carbons (Fsp3) is 0.0526. The van der Waals surface area contributed by atoms with E-state index in [2.05, 4.69) is 9.97 Å². The number of aryl methyl sites for hydroxylation is 1. The van der Waals surface area contributed by atoms with Crippen molar-refractivity contribution in [1.82, 2.24) is 9.97 Å². The molecule has 3 N–H and O–H groups in total. The smallest absolute Gasteiger partial charge is 0.249 e. The zero-order valence-electron chi connectivity index (χ0n) is 13.7. The molecule has 2 aromatic carbocycles. The topological polar surface area (TPSA) is 71.8 Å². The summed E-state index contributed by atoms with van der Waals surface area (Å²) in [6, 6.07) is 13.6. The molecule has 0 spiro atoms. The average Bonchev–Trinajstić information content (AvgIpc) is 3.12. The van der Waals surface area contributed by atoms with Crippen LogP contribution in [0.1, 0.15) is 15.4 Å². The summed E-state index contributed by atoms with van der Waals surface area (Å²) in [4.78, 5) is 22.4. The number of aromatic amines is 1. The molecule has 0 unspecified atom stereocenters. The number of rotatable bonds is 4. The van der Waals surface area contributed by atoms with Gasteiger partial charge in [-0.2, -0.15) is 0 Å². The molecule has 0 aliphatic rings. The Morgan fingerprint density at radius 1 is 1.23 bits per heavy atom. The maximum atomic E-state index is 13.6. The monoisotopic (exact) mass is 383 g/mol. The van der Waals surface area contributed by atoms with Crippen molar-refractivity contribution < 1.29 is 9.18 Å². The summed E-state index contributed by atoms with van der Waals surface area (Å²) in [5.74, 6) is -0.792. The minimum absolute atomic E-state index is 0.296. The van der Waals surface area contributed by atoms with Crippen LogP contribution in [-0.2, 0) is 0 Å². The molecule has 0 fully saturated rings. The lowest BCUT2D eigenvalue weighted by atomic mass is 10.0. The summed E-state index contributed by atoms with van der Waals surface area (Å²) in [6.07, 6.45) is 0. The van der Waals surface area contributed by atoms with Gasteiger partial charge in [0.15, 0.2) is 0 Å². The Kier molecular flexibility index (Phi) is 4.26. The van der Waals surface area contributed by atoms with Crippen LogP contribution >= 0.6 is 23.1 Å². The third-order valence-corrected chi connectivity index (χ3v) is 5.87. The zero-order valence-corrected chi connectivity index (χ0v) is 15.4. The molecular formula is C19H14FN3OS2. The third kappa shape index (κ3) is 3.00. The molecule has 0 saturated heterocycles. The Hall–Kier alpha value is -2.64. The van der Waals surface area contributed by atoms with Gasteiger partial charge < -0.3 is 10.7 Å². The second kappa shape index (κ2) is 6.59. The van der Waals surface area contributed by atoms with Gasteiger partial charge in [0.25, 0.3) is 0 Å². The van der Waals surface area contributed by atoms with Gasteiger partial charge >= 0.3 is 0 Å². The number of amides is 1. The number of halogens is 1. The van der Waals surface area contributed by atoms with Gasteiger partial charge in [-0.05, 0) is 31.2 Å². The molecule has 0 aliphatic carbocycles. The minimum Gasteiger partial charge on any atom is -0.366 e. The van der Waals surface area contributed by atoms with E-state index in [4.69, 9.17) is 5.73 Å². The van der Waals surface area contributed by atoms with Crippen molar-refractivity contribution in [3.63, 3.8) is 0 Å². The number of H-pyrrole nitrogens is 1. The maximum Gasteiger partial charge on any atom is 0.249 e. The fourth-order valence-corrected chi connectivity index (χ4v) is 4.76. The second-order valence-corrected chi connectivity index (χ2v) is 8.00. The number of hydrogen-bond donors (Lipinski definition) is 2. The number of carbonyl (C=O) groups excluding carboxylic acids is 1. The van der Waals surface area contributed by atoms with Crippen molar-refractivity contribution in [3.8, 4) is 11.3 Å². The molecular weight excluding hydrogens is 369 g/mol. The molecule has 0 saturated carbocycles. The summed E-state index contributed by atoms with van der Waals surface area (Å²) in [5.41, 5.74) is 8.27.